The average Bonchev–Trinajstić information content (AvgIpc) is 2.97. The van der Waals surface area contributed by atoms with Crippen molar-refractivity contribution in [1.29, 1.82) is 0 Å². The Hall–Kier alpha value is -1.94. The molecule has 0 atom stereocenters. The fourth-order valence-electron chi connectivity index (χ4n) is 2.79. The van der Waals surface area contributed by atoms with Crippen LogP contribution in [0.3, 0.4) is 0 Å². The van der Waals surface area contributed by atoms with Gasteiger partial charge in [0.15, 0.2) is 5.82 Å². The van der Waals surface area contributed by atoms with E-state index in [2.05, 4.69) is 36.5 Å². The maximum absolute atomic E-state index is 5.14. The van der Waals surface area contributed by atoms with Crippen LogP contribution in [-0.2, 0) is 24.2 Å². The molecule has 1 aromatic heterocycles. The third kappa shape index (κ3) is 2.90. The van der Waals surface area contributed by atoms with E-state index in [1.165, 1.54) is 17.7 Å². The van der Waals surface area contributed by atoms with Gasteiger partial charge in [-0.25, -0.2) is 9.97 Å². The monoisotopic (exact) mass is 283 g/mol. The molecule has 1 aliphatic carbocycles. The highest BCUT2D eigenvalue weighted by molar-refractivity contribution is 5.61. The fraction of sp³-hybridized carbons (Fsp3) is 0.412. The van der Waals surface area contributed by atoms with Crippen LogP contribution in [0.25, 0.3) is 11.4 Å². The van der Waals surface area contributed by atoms with Gasteiger partial charge in [-0.1, -0.05) is 24.3 Å². The van der Waals surface area contributed by atoms with Crippen molar-refractivity contribution in [2.24, 2.45) is 0 Å². The smallest absolute Gasteiger partial charge is 0.161 e. The summed E-state index contributed by atoms with van der Waals surface area (Å²) in [5.41, 5.74) is 4.73. The molecule has 0 amide bonds. The predicted molar refractivity (Wildman–Crippen MR) is 84.4 cm³/mol. The molecule has 2 aromatic rings. The molecule has 110 valence electrons. The minimum atomic E-state index is 0.633. The molecule has 1 heterocycles. The molecule has 1 aliphatic rings. The van der Waals surface area contributed by atoms with Crippen LogP contribution in [0.4, 0.5) is 5.82 Å². The molecule has 0 spiro atoms. The topological polar surface area (TPSA) is 47.0 Å². The third-order valence-corrected chi connectivity index (χ3v) is 3.80. The van der Waals surface area contributed by atoms with Crippen LogP contribution < -0.4 is 5.32 Å². The number of methoxy groups -OCH3 is 1. The van der Waals surface area contributed by atoms with Gasteiger partial charge in [-0.15, -0.1) is 0 Å². The van der Waals surface area contributed by atoms with Crippen LogP contribution in [0.2, 0.25) is 0 Å². The first-order valence-electron chi connectivity index (χ1n) is 7.53. The Kier molecular flexibility index (Phi) is 4.15. The number of aromatic nitrogens is 2. The molecule has 0 saturated carbocycles. The molecule has 4 heteroatoms. The number of anilines is 1. The number of ether oxygens (including phenoxy) is 1. The summed E-state index contributed by atoms with van der Waals surface area (Å²) < 4.78 is 5.14. The van der Waals surface area contributed by atoms with E-state index in [0.29, 0.717) is 6.61 Å². The molecule has 4 nitrogen and oxygen atoms in total. The lowest BCUT2D eigenvalue weighted by Gasteiger charge is -2.11. The first-order chi connectivity index (χ1) is 10.3. The first kappa shape index (κ1) is 14.0. The molecule has 1 aromatic carbocycles. The summed E-state index contributed by atoms with van der Waals surface area (Å²) in [7, 11) is 1.71. The van der Waals surface area contributed by atoms with Gasteiger partial charge in [0.25, 0.3) is 0 Å². The number of fused-ring (bicyclic) bond motifs is 1. The van der Waals surface area contributed by atoms with Crippen LogP contribution >= 0.6 is 0 Å². The molecule has 1 N–H and O–H groups in total. The highest BCUT2D eigenvalue weighted by Crippen LogP contribution is 2.29. The maximum atomic E-state index is 5.14. The number of nitrogens with one attached hydrogen (secondary N) is 1. The third-order valence-electron chi connectivity index (χ3n) is 3.80. The second-order valence-corrected chi connectivity index (χ2v) is 5.33. The summed E-state index contributed by atoms with van der Waals surface area (Å²) in [5, 5.41) is 3.38. The second kappa shape index (κ2) is 6.22. The Labute approximate surface area is 125 Å². The largest absolute Gasteiger partial charge is 0.380 e. The van der Waals surface area contributed by atoms with Crippen molar-refractivity contribution in [3.8, 4) is 11.4 Å². The Morgan fingerprint density at radius 1 is 1.14 bits per heavy atom. The van der Waals surface area contributed by atoms with Crippen LogP contribution in [0, 0.1) is 0 Å². The van der Waals surface area contributed by atoms with Gasteiger partial charge in [0.1, 0.15) is 5.82 Å². The zero-order chi connectivity index (χ0) is 14.7. The summed E-state index contributed by atoms with van der Waals surface area (Å²) in [6.45, 7) is 3.62. The number of rotatable bonds is 5. The Balaban J connectivity index is 1.96. The lowest BCUT2D eigenvalue weighted by atomic mass is 10.1. The quantitative estimate of drug-likeness (QED) is 0.915. The van der Waals surface area contributed by atoms with Gasteiger partial charge in [-0.2, -0.15) is 0 Å². The number of hydrogen-bond donors (Lipinski definition) is 1. The number of aryl methyl sites for hydroxylation is 1. The van der Waals surface area contributed by atoms with Crippen molar-refractivity contribution in [2.45, 2.75) is 32.8 Å². The molecule has 0 unspecified atom stereocenters. The van der Waals surface area contributed by atoms with Crippen molar-refractivity contribution in [3.05, 3.63) is 41.1 Å². The van der Waals surface area contributed by atoms with E-state index >= 15 is 0 Å². The zero-order valence-electron chi connectivity index (χ0n) is 12.6. The maximum Gasteiger partial charge on any atom is 0.161 e. The van der Waals surface area contributed by atoms with E-state index in [-0.39, 0.29) is 0 Å². The van der Waals surface area contributed by atoms with E-state index in [9.17, 15) is 0 Å². The fourth-order valence-corrected chi connectivity index (χ4v) is 2.79. The highest BCUT2D eigenvalue weighted by atomic mass is 16.5. The van der Waals surface area contributed by atoms with Crippen LogP contribution in [0.15, 0.2) is 24.3 Å². The molecule has 0 bridgehead atoms. The minimum Gasteiger partial charge on any atom is -0.380 e. The molecule has 0 aliphatic heterocycles. The van der Waals surface area contributed by atoms with Crippen molar-refractivity contribution >= 4 is 5.82 Å². The molecule has 0 saturated heterocycles. The van der Waals surface area contributed by atoms with E-state index < -0.39 is 0 Å². The Morgan fingerprint density at radius 2 is 1.95 bits per heavy atom. The second-order valence-electron chi connectivity index (χ2n) is 5.33. The molecule has 21 heavy (non-hydrogen) atoms. The number of nitrogens with zero attached hydrogens (tertiary/aromatic N) is 2. The molecular weight excluding hydrogens is 262 g/mol. The van der Waals surface area contributed by atoms with E-state index in [1.807, 2.05) is 0 Å². The van der Waals surface area contributed by atoms with Gasteiger partial charge < -0.3 is 10.1 Å². The minimum absolute atomic E-state index is 0.633. The number of benzene rings is 1. The molecule has 3 rings (SSSR count). The molecular formula is C17H21N3O. The SMILES string of the molecule is CCNc1nc(-c2ccc(COC)cc2)nc2c1CCC2. The highest BCUT2D eigenvalue weighted by Gasteiger charge is 2.19. The summed E-state index contributed by atoms with van der Waals surface area (Å²) in [4.78, 5) is 9.49. The van der Waals surface area contributed by atoms with Crippen molar-refractivity contribution < 1.29 is 4.74 Å². The zero-order valence-corrected chi connectivity index (χ0v) is 12.6. The van der Waals surface area contributed by atoms with Crippen molar-refractivity contribution in [1.82, 2.24) is 9.97 Å². The van der Waals surface area contributed by atoms with Crippen LogP contribution in [0.5, 0.6) is 0 Å². The molecule has 0 fully saturated rings. The Bertz CT molecular complexity index is 623. The van der Waals surface area contributed by atoms with Crippen molar-refractivity contribution in [3.63, 3.8) is 0 Å². The first-order valence-corrected chi connectivity index (χ1v) is 7.53. The van der Waals surface area contributed by atoms with E-state index in [4.69, 9.17) is 14.7 Å². The molecule has 0 radical (unpaired) electrons. The standard InChI is InChI=1S/C17H21N3O/c1-3-18-17-14-5-4-6-15(14)19-16(20-17)13-9-7-12(8-10-13)11-21-2/h7-10H,3-6,11H2,1-2H3,(H,18,19,20). The van der Waals surface area contributed by atoms with Crippen molar-refractivity contribution in [2.75, 3.05) is 19.0 Å². The average molecular weight is 283 g/mol. The summed E-state index contributed by atoms with van der Waals surface area (Å²) in [6.07, 6.45) is 3.33. The van der Waals surface area contributed by atoms with Gasteiger partial charge in [-0.3, -0.25) is 0 Å². The van der Waals surface area contributed by atoms with Gasteiger partial charge >= 0.3 is 0 Å². The normalized spacial score (nSPS) is 13.2. The van der Waals surface area contributed by atoms with Gasteiger partial charge in [-0.05, 0) is 31.7 Å². The van der Waals surface area contributed by atoms with Crippen LogP contribution in [0.1, 0.15) is 30.2 Å². The number of hydrogen-bond acceptors (Lipinski definition) is 4. The van der Waals surface area contributed by atoms with Gasteiger partial charge in [0.05, 0.1) is 6.61 Å². The summed E-state index contributed by atoms with van der Waals surface area (Å²) in [6, 6.07) is 8.28. The Morgan fingerprint density at radius 3 is 2.67 bits per heavy atom. The van der Waals surface area contributed by atoms with Crippen LogP contribution in [-0.4, -0.2) is 23.6 Å². The lowest BCUT2D eigenvalue weighted by molar-refractivity contribution is 0.185. The predicted octanol–water partition coefficient (Wildman–Crippen LogP) is 3.21. The summed E-state index contributed by atoms with van der Waals surface area (Å²) in [5.74, 6) is 1.83. The van der Waals surface area contributed by atoms with Gasteiger partial charge in [0.2, 0.25) is 0 Å². The lowest BCUT2D eigenvalue weighted by Crippen LogP contribution is -2.06. The van der Waals surface area contributed by atoms with E-state index in [0.717, 1.165) is 42.2 Å². The van der Waals surface area contributed by atoms with E-state index in [1.54, 1.807) is 7.11 Å². The summed E-state index contributed by atoms with van der Waals surface area (Å²) >= 11 is 0. The van der Waals surface area contributed by atoms with Gasteiger partial charge in [0, 0.05) is 30.5 Å².